The van der Waals surface area contributed by atoms with Crippen LogP contribution in [0.15, 0.2) is 28.9 Å². The van der Waals surface area contributed by atoms with E-state index >= 15 is 0 Å². The van der Waals surface area contributed by atoms with Crippen LogP contribution in [0.4, 0.5) is 8.78 Å². The second-order valence-corrected chi connectivity index (χ2v) is 5.34. The van der Waals surface area contributed by atoms with E-state index in [0.29, 0.717) is 15.0 Å². The standard InChI is InChI=1S/C13H7F2IN4O/c1-6-11(15)8(16)4-10(18-6)13-19-12(20-21-13)9-3-2-7(14)5-17-9/h2-5H,1H3. The van der Waals surface area contributed by atoms with Gasteiger partial charge in [-0.2, -0.15) is 4.98 Å². The first-order chi connectivity index (χ1) is 10.0. The van der Waals surface area contributed by atoms with Crippen LogP contribution in [0, 0.1) is 22.1 Å². The fraction of sp³-hybridized carbons (Fsp3) is 0.0769. The predicted octanol–water partition coefficient (Wildman–Crippen LogP) is 3.38. The Labute approximate surface area is 131 Å². The van der Waals surface area contributed by atoms with Gasteiger partial charge in [-0.05, 0) is 47.7 Å². The van der Waals surface area contributed by atoms with Crippen molar-refractivity contribution >= 4 is 22.6 Å². The smallest absolute Gasteiger partial charge is 0.276 e. The van der Waals surface area contributed by atoms with Crippen molar-refractivity contribution in [3.8, 4) is 23.1 Å². The first kappa shape index (κ1) is 14.0. The van der Waals surface area contributed by atoms with E-state index in [2.05, 4.69) is 20.1 Å². The highest BCUT2D eigenvalue weighted by Crippen LogP contribution is 2.23. The van der Waals surface area contributed by atoms with Crippen LogP contribution < -0.4 is 0 Å². The van der Waals surface area contributed by atoms with Gasteiger partial charge < -0.3 is 4.52 Å². The summed E-state index contributed by atoms with van der Waals surface area (Å²) in [7, 11) is 0. The Bertz CT molecular complexity index is 781. The van der Waals surface area contributed by atoms with E-state index in [0.717, 1.165) is 6.20 Å². The maximum Gasteiger partial charge on any atom is 0.276 e. The minimum atomic E-state index is -0.451. The van der Waals surface area contributed by atoms with Gasteiger partial charge in [-0.15, -0.1) is 0 Å². The predicted molar refractivity (Wildman–Crippen MR) is 78.1 cm³/mol. The van der Waals surface area contributed by atoms with Gasteiger partial charge in [0.15, 0.2) is 5.82 Å². The zero-order valence-electron chi connectivity index (χ0n) is 10.6. The summed E-state index contributed by atoms with van der Waals surface area (Å²) in [5, 5.41) is 3.77. The molecule has 0 bridgehead atoms. The quantitative estimate of drug-likeness (QED) is 0.618. The molecule has 0 unspecified atom stereocenters. The highest BCUT2D eigenvalue weighted by Gasteiger charge is 2.15. The molecular weight excluding hydrogens is 393 g/mol. The summed E-state index contributed by atoms with van der Waals surface area (Å²) in [5.41, 5.74) is 0.996. The maximum atomic E-state index is 13.6. The highest BCUT2D eigenvalue weighted by atomic mass is 127. The van der Waals surface area contributed by atoms with Crippen LogP contribution in [-0.4, -0.2) is 20.1 Å². The van der Waals surface area contributed by atoms with Gasteiger partial charge >= 0.3 is 0 Å². The molecule has 0 aromatic carbocycles. The molecule has 0 fully saturated rings. The lowest BCUT2D eigenvalue weighted by molar-refractivity contribution is 0.430. The molecule has 3 rings (SSSR count). The average molecular weight is 400 g/mol. The summed E-state index contributed by atoms with van der Waals surface area (Å²) >= 11 is 1.87. The molecule has 3 aromatic rings. The van der Waals surface area contributed by atoms with E-state index in [-0.39, 0.29) is 23.2 Å². The van der Waals surface area contributed by atoms with Crippen LogP contribution in [-0.2, 0) is 0 Å². The molecule has 106 valence electrons. The number of rotatable bonds is 2. The van der Waals surface area contributed by atoms with E-state index in [1.807, 2.05) is 22.6 Å². The van der Waals surface area contributed by atoms with Gasteiger partial charge in [-0.1, -0.05) is 5.16 Å². The number of aryl methyl sites for hydroxylation is 1. The normalized spacial score (nSPS) is 10.9. The Morgan fingerprint density at radius 3 is 2.62 bits per heavy atom. The Morgan fingerprint density at radius 1 is 1.14 bits per heavy atom. The van der Waals surface area contributed by atoms with Gasteiger partial charge in [0.1, 0.15) is 17.2 Å². The van der Waals surface area contributed by atoms with Crippen LogP contribution in [0.5, 0.6) is 0 Å². The van der Waals surface area contributed by atoms with Crippen molar-refractivity contribution in [1.82, 2.24) is 20.1 Å². The second-order valence-electron chi connectivity index (χ2n) is 4.17. The SMILES string of the molecule is Cc1nc(-c2nc(-c3ccc(F)cn3)no2)cc(I)c1F. The molecule has 0 saturated carbocycles. The molecular formula is C13H7F2IN4O. The molecule has 0 atom stereocenters. The summed E-state index contributed by atoms with van der Waals surface area (Å²) in [5.74, 6) is -0.465. The number of hydrogen-bond donors (Lipinski definition) is 0. The van der Waals surface area contributed by atoms with Crippen LogP contribution in [0.25, 0.3) is 23.1 Å². The summed E-state index contributed by atoms with van der Waals surface area (Å²) in [6.07, 6.45) is 1.06. The molecule has 0 amide bonds. The van der Waals surface area contributed by atoms with E-state index in [1.54, 1.807) is 6.92 Å². The summed E-state index contributed by atoms with van der Waals surface area (Å²) < 4.78 is 31.9. The van der Waals surface area contributed by atoms with Gasteiger partial charge in [-0.3, -0.25) is 0 Å². The Morgan fingerprint density at radius 2 is 1.95 bits per heavy atom. The minimum absolute atomic E-state index is 0.150. The number of aromatic nitrogens is 4. The van der Waals surface area contributed by atoms with E-state index in [1.165, 1.54) is 18.2 Å². The summed E-state index contributed by atoms with van der Waals surface area (Å²) in [6, 6.07) is 4.21. The fourth-order valence-corrected chi connectivity index (χ4v) is 2.35. The molecule has 0 N–H and O–H groups in total. The van der Waals surface area contributed by atoms with Gasteiger partial charge in [0.2, 0.25) is 5.82 Å². The minimum Gasteiger partial charge on any atom is -0.332 e. The maximum absolute atomic E-state index is 13.6. The van der Waals surface area contributed by atoms with Crippen molar-refractivity contribution in [1.29, 1.82) is 0 Å². The van der Waals surface area contributed by atoms with Crippen molar-refractivity contribution in [2.45, 2.75) is 6.92 Å². The van der Waals surface area contributed by atoms with Gasteiger partial charge in [0, 0.05) is 0 Å². The molecule has 3 heterocycles. The lowest BCUT2D eigenvalue weighted by atomic mass is 10.3. The first-order valence-corrected chi connectivity index (χ1v) is 6.91. The Balaban J connectivity index is 2.00. The number of halogens is 3. The summed E-state index contributed by atoms with van der Waals surface area (Å²) in [6.45, 7) is 1.56. The molecule has 0 saturated heterocycles. The lowest BCUT2D eigenvalue weighted by Crippen LogP contribution is -1.95. The third kappa shape index (κ3) is 2.75. The third-order valence-corrected chi connectivity index (χ3v) is 3.47. The molecule has 3 aromatic heterocycles. The molecule has 0 radical (unpaired) electrons. The molecule has 21 heavy (non-hydrogen) atoms. The molecule has 8 heteroatoms. The van der Waals surface area contributed by atoms with E-state index in [4.69, 9.17) is 4.52 Å². The van der Waals surface area contributed by atoms with Gasteiger partial charge in [0.25, 0.3) is 5.89 Å². The zero-order chi connectivity index (χ0) is 15.0. The number of pyridine rings is 2. The fourth-order valence-electron chi connectivity index (χ4n) is 1.67. The highest BCUT2D eigenvalue weighted by molar-refractivity contribution is 14.1. The van der Waals surface area contributed by atoms with Gasteiger partial charge in [0.05, 0.1) is 15.5 Å². The van der Waals surface area contributed by atoms with Crippen LogP contribution in [0.3, 0.4) is 0 Å². The molecule has 0 aliphatic rings. The van der Waals surface area contributed by atoms with Crippen molar-refractivity contribution in [2.24, 2.45) is 0 Å². The Kier molecular flexibility index (Phi) is 3.62. The topological polar surface area (TPSA) is 64.7 Å². The van der Waals surface area contributed by atoms with Crippen LogP contribution >= 0.6 is 22.6 Å². The first-order valence-electron chi connectivity index (χ1n) is 5.83. The van der Waals surface area contributed by atoms with Gasteiger partial charge in [-0.25, -0.2) is 18.7 Å². The molecule has 0 spiro atoms. The van der Waals surface area contributed by atoms with Crippen LogP contribution in [0.1, 0.15) is 5.69 Å². The summed E-state index contributed by atoms with van der Waals surface area (Å²) in [4.78, 5) is 12.1. The average Bonchev–Trinajstić information content (AvgIpc) is 2.95. The molecule has 0 aliphatic carbocycles. The van der Waals surface area contributed by atoms with Crippen molar-refractivity contribution in [2.75, 3.05) is 0 Å². The second kappa shape index (κ2) is 5.43. The van der Waals surface area contributed by atoms with Crippen molar-refractivity contribution in [3.05, 3.63) is 45.3 Å². The van der Waals surface area contributed by atoms with E-state index < -0.39 is 5.82 Å². The lowest BCUT2D eigenvalue weighted by Gasteiger charge is -2.00. The third-order valence-electron chi connectivity index (χ3n) is 2.68. The largest absolute Gasteiger partial charge is 0.332 e. The number of nitrogens with zero attached hydrogens (tertiary/aromatic N) is 4. The monoisotopic (exact) mass is 400 g/mol. The van der Waals surface area contributed by atoms with E-state index in [9.17, 15) is 8.78 Å². The Hall–Kier alpha value is -1.97. The number of hydrogen-bond acceptors (Lipinski definition) is 5. The molecule has 5 nitrogen and oxygen atoms in total. The van der Waals surface area contributed by atoms with Crippen molar-refractivity contribution in [3.63, 3.8) is 0 Å². The van der Waals surface area contributed by atoms with Crippen LogP contribution in [0.2, 0.25) is 0 Å². The zero-order valence-corrected chi connectivity index (χ0v) is 12.8. The van der Waals surface area contributed by atoms with Crippen molar-refractivity contribution < 1.29 is 13.3 Å². The molecule has 0 aliphatic heterocycles.